The van der Waals surface area contributed by atoms with Gasteiger partial charge in [0.25, 0.3) is 0 Å². The van der Waals surface area contributed by atoms with Crippen LogP contribution in [-0.2, 0) is 12.8 Å². The van der Waals surface area contributed by atoms with Crippen LogP contribution in [0.2, 0.25) is 0 Å². The first-order valence-corrected chi connectivity index (χ1v) is 10.9. The maximum absolute atomic E-state index is 11.5. The molecule has 0 bridgehead atoms. The van der Waals surface area contributed by atoms with Crippen LogP contribution in [0.4, 0.5) is 11.4 Å². The number of aryl methyl sites for hydroxylation is 1. The number of ether oxygens (including phenoxy) is 1. The predicted molar refractivity (Wildman–Crippen MR) is 124 cm³/mol. The van der Waals surface area contributed by atoms with Crippen molar-refractivity contribution in [2.75, 3.05) is 25.2 Å². The molecule has 0 unspecified atom stereocenters. The Bertz CT molecular complexity index is 1080. The number of aliphatic hydroxyl groups is 1. The molecular formula is C26H28N2O4. The second-order valence-corrected chi connectivity index (χ2v) is 8.13. The van der Waals surface area contributed by atoms with Gasteiger partial charge >= 0.3 is 5.97 Å². The lowest BCUT2D eigenvalue weighted by atomic mass is 9.87. The highest BCUT2D eigenvalue weighted by Gasteiger charge is 2.23. The third kappa shape index (κ3) is 4.75. The van der Waals surface area contributed by atoms with E-state index in [-0.39, 0.29) is 6.61 Å². The minimum Gasteiger partial charge on any atom is -0.493 e. The Morgan fingerprint density at radius 1 is 1.12 bits per heavy atom. The molecule has 2 heterocycles. The quantitative estimate of drug-likeness (QED) is 0.542. The van der Waals surface area contributed by atoms with E-state index in [1.54, 1.807) is 12.3 Å². The van der Waals surface area contributed by atoms with Gasteiger partial charge in [-0.05, 0) is 72.6 Å². The van der Waals surface area contributed by atoms with Gasteiger partial charge in [0.05, 0.1) is 12.2 Å². The van der Waals surface area contributed by atoms with Crippen molar-refractivity contribution < 1.29 is 19.7 Å². The van der Waals surface area contributed by atoms with Gasteiger partial charge in [0.15, 0.2) is 0 Å². The van der Waals surface area contributed by atoms with E-state index in [9.17, 15) is 9.90 Å². The number of rotatable bonds is 8. The van der Waals surface area contributed by atoms with E-state index in [1.807, 2.05) is 19.2 Å². The summed E-state index contributed by atoms with van der Waals surface area (Å²) in [5, 5.41) is 18.5. The summed E-state index contributed by atoms with van der Waals surface area (Å²) in [7, 11) is 2.03. The van der Waals surface area contributed by atoms with E-state index in [4.69, 9.17) is 9.84 Å². The van der Waals surface area contributed by atoms with Crippen molar-refractivity contribution >= 4 is 17.3 Å². The predicted octanol–water partition coefficient (Wildman–Crippen LogP) is 4.58. The highest BCUT2D eigenvalue weighted by molar-refractivity contribution is 5.89. The fourth-order valence-electron chi connectivity index (χ4n) is 4.29. The number of fused-ring (bicyclic) bond motifs is 1. The summed E-state index contributed by atoms with van der Waals surface area (Å²) >= 11 is 0. The third-order valence-corrected chi connectivity index (χ3v) is 6.17. The molecule has 2 N–H and O–H groups in total. The number of pyridine rings is 1. The number of carboxylic acids is 1. The van der Waals surface area contributed by atoms with E-state index in [2.05, 4.69) is 40.2 Å². The fraction of sp³-hybridized carbons (Fsp3) is 0.308. The van der Waals surface area contributed by atoms with Crippen molar-refractivity contribution in [1.29, 1.82) is 0 Å². The van der Waals surface area contributed by atoms with Crippen LogP contribution in [-0.4, -0.2) is 41.4 Å². The average molecular weight is 433 g/mol. The van der Waals surface area contributed by atoms with E-state index in [1.165, 1.54) is 11.8 Å². The number of benzene rings is 2. The molecule has 0 amide bonds. The van der Waals surface area contributed by atoms with Crippen LogP contribution >= 0.6 is 0 Å². The molecule has 3 aromatic rings. The van der Waals surface area contributed by atoms with E-state index < -0.39 is 5.97 Å². The normalized spacial score (nSPS) is 15.0. The lowest BCUT2D eigenvalue weighted by Gasteiger charge is -2.28. The Morgan fingerprint density at radius 2 is 1.91 bits per heavy atom. The van der Waals surface area contributed by atoms with Crippen LogP contribution in [0.5, 0.6) is 5.75 Å². The van der Waals surface area contributed by atoms with Gasteiger partial charge in [-0.2, -0.15) is 0 Å². The lowest BCUT2D eigenvalue weighted by molar-refractivity contribution is 0.0695. The highest BCUT2D eigenvalue weighted by atomic mass is 16.5. The largest absolute Gasteiger partial charge is 0.493 e. The number of hydrogen-bond donors (Lipinski definition) is 2. The minimum absolute atomic E-state index is 0.150. The Kier molecular flexibility index (Phi) is 6.71. The molecule has 166 valence electrons. The number of aromatic carboxylic acids is 1. The molecular weight excluding hydrogens is 404 g/mol. The number of carbonyl (C=O) groups is 1. The first-order chi connectivity index (χ1) is 15.6. The van der Waals surface area contributed by atoms with Gasteiger partial charge in [0.2, 0.25) is 0 Å². The highest BCUT2D eigenvalue weighted by Crippen LogP contribution is 2.39. The lowest BCUT2D eigenvalue weighted by Crippen LogP contribution is -2.17. The summed E-state index contributed by atoms with van der Waals surface area (Å²) in [4.78, 5) is 17.7. The number of nitrogens with zero attached hydrogens (tertiary/aromatic N) is 2. The van der Waals surface area contributed by atoms with E-state index >= 15 is 0 Å². The molecule has 0 radical (unpaired) electrons. The van der Waals surface area contributed by atoms with Crippen LogP contribution < -0.4 is 9.64 Å². The number of aliphatic hydroxyl groups excluding tert-OH is 1. The summed E-state index contributed by atoms with van der Waals surface area (Å²) in [6.45, 7) is 0.802. The van der Waals surface area contributed by atoms with E-state index in [0.717, 1.165) is 41.1 Å². The number of carboxylic acid groups (broad SMARTS) is 1. The molecule has 0 fully saturated rings. The smallest absolute Gasteiger partial charge is 0.336 e. The molecule has 0 spiro atoms. The minimum atomic E-state index is -0.910. The number of aromatic nitrogens is 1. The molecule has 0 saturated heterocycles. The van der Waals surface area contributed by atoms with Crippen molar-refractivity contribution in [2.24, 2.45) is 0 Å². The molecule has 0 aliphatic carbocycles. The fourth-order valence-corrected chi connectivity index (χ4v) is 4.29. The molecule has 1 aliphatic heterocycles. The standard InChI is InChI=1S/C26H28N2O4/c1-28(21-6-2-18(3-7-21)11-14-29)22-8-9-23-19(12-15-32-25(23)16-22)4-5-20-17-27-13-10-24(20)26(30)31/h2-3,6-10,13,16-17,19,29H,4-5,11-12,14-15H2,1H3,(H,30,31)/t19-/m1/s1. The van der Waals surface area contributed by atoms with Gasteiger partial charge in [0, 0.05) is 43.5 Å². The molecule has 1 aromatic heterocycles. The van der Waals surface area contributed by atoms with Crippen molar-refractivity contribution in [2.45, 2.75) is 31.6 Å². The average Bonchev–Trinajstić information content (AvgIpc) is 2.82. The summed E-state index contributed by atoms with van der Waals surface area (Å²) < 4.78 is 5.98. The van der Waals surface area contributed by atoms with Crippen LogP contribution in [0.25, 0.3) is 0 Å². The molecule has 4 rings (SSSR count). The summed E-state index contributed by atoms with van der Waals surface area (Å²) in [5.41, 5.74) is 5.49. The van der Waals surface area contributed by atoms with Gasteiger partial charge < -0.3 is 19.8 Å². The van der Waals surface area contributed by atoms with Crippen LogP contribution in [0.3, 0.4) is 0 Å². The third-order valence-electron chi connectivity index (χ3n) is 6.17. The molecule has 32 heavy (non-hydrogen) atoms. The second kappa shape index (κ2) is 9.83. The van der Waals surface area contributed by atoms with Gasteiger partial charge in [-0.1, -0.05) is 18.2 Å². The maximum atomic E-state index is 11.5. The summed E-state index contributed by atoms with van der Waals surface area (Å²) in [6.07, 6.45) is 6.27. The molecule has 2 aromatic carbocycles. The van der Waals surface area contributed by atoms with Crippen LogP contribution in [0.15, 0.2) is 60.9 Å². The Balaban J connectivity index is 1.49. The zero-order valence-electron chi connectivity index (χ0n) is 18.2. The zero-order valence-corrected chi connectivity index (χ0v) is 18.2. The Morgan fingerprint density at radius 3 is 2.66 bits per heavy atom. The summed E-state index contributed by atoms with van der Waals surface area (Å²) in [6, 6.07) is 16.1. The molecule has 0 saturated carbocycles. The zero-order chi connectivity index (χ0) is 22.5. The topological polar surface area (TPSA) is 82.9 Å². The maximum Gasteiger partial charge on any atom is 0.336 e. The van der Waals surface area contributed by atoms with Crippen molar-refractivity contribution in [3.63, 3.8) is 0 Å². The van der Waals surface area contributed by atoms with Crippen molar-refractivity contribution in [1.82, 2.24) is 4.98 Å². The number of anilines is 2. The monoisotopic (exact) mass is 432 g/mol. The molecule has 6 heteroatoms. The second-order valence-electron chi connectivity index (χ2n) is 8.13. The first kappa shape index (κ1) is 21.8. The molecule has 1 aliphatic rings. The van der Waals surface area contributed by atoms with E-state index in [0.29, 0.717) is 30.9 Å². The van der Waals surface area contributed by atoms with Gasteiger partial charge in [-0.3, -0.25) is 4.98 Å². The molecule has 1 atom stereocenters. The van der Waals surface area contributed by atoms with Gasteiger partial charge in [0.1, 0.15) is 5.75 Å². The van der Waals surface area contributed by atoms with Crippen LogP contribution in [0.1, 0.15) is 45.8 Å². The van der Waals surface area contributed by atoms with Gasteiger partial charge in [-0.15, -0.1) is 0 Å². The van der Waals surface area contributed by atoms with Crippen LogP contribution in [0, 0.1) is 0 Å². The van der Waals surface area contributed by atoms with Gasteiger partial charge in [-0.25, -0.2) is 4.79 Å². The number of hydrogen-bond acceptors (Lipinski definition) is 5. The first-order valence-electron chi connectivity index (χ1n) is 10.9. The Hall–Kier alpha value is -3.38. The van der Waals surface area contributed by atoms with Crippen molar-refractivity contribution in [3.05, 3.63) is 83.2 Å². The summed E-state index contributed by atoms with van der Waals surface area (Å²) in [5.74, 6) is 0.303. The Labute approximate surface area is 188 Å². The molecule has 6 nitrogen and oxygen atoms in total. The van der Waals surface area contributed by atoms with Crippen molar-refractivity contribution in [3.8, 4) is 5.75 Å². The SMILES string of the molecule is CN(c1ccc(CCO)cc1)c1ccc2c(c1)OCC[C@H]2CCc1cnccc1C(=O)O.